The van der Waals surface area contributed by atoms with Gasteiger partial charge in [-0.2, -0.15) is 4.98 Å². The molecule has 2 aliphatic rings. The summed E-state index contributed by atoms with van der Waals surface area (Å²) in [5, 5.41) is 9.85. The summed E-state index contributed by atoms with van der Waals surface area (Å²) in [7, 11) is 0. The Hall–Kier alpha value is -1.34. The number of fused-ring (bicyclic) bond motifs is 1. The Morgan fingerprint density at radius 3 is 2.79 bits per heavy atom. The van der Waals surface area contributed by atoms with Crippen LogP contribution >= 0.6 is 11.8 Å². The molecule has 7 heteroatoms. The van der Waals surface area contributed by atoms with Gasteiger partial charge < -0.3 is 10.0 Å². The van der Waals surface area contributed by atoms with Gasteiger partial charge in [-0.1, -0.05) is 18.7 Å². The van der Waals surface area contributed by atoms with Crippen molar-refractivity contribution in [3.05, 3.63) is 21.7 Å². The number of piperidine rings is 1. The lowest BCUT2D eigenvalue weighted by atomic mass is 9.99. The van der Waals surface area contributed by atoms with Crippen molar-refractivity contribution >= 4 is 17.7 Å². The number of aromatic nitrogens is 2. The largest absolute Gasteiger partial charge is 0.395 e. The van der Waals surface area contributed by atoms with Crippen LogP contribution < -0.4 is 5.69 Å². The molecule has 1 aromatic heterocycles. The Kier molecular flexibility index (Phi) is 5.61. The van der Waals surface area contributed by atoms with Gasteiger partial charge in [0.05, 0.1) is 18.9 Å². The van der Waals surface area contributed by atoms with E-state index in [0.29, 0.717) is 23.2 Å². The summed E-state index contributed by atoms with van der Waals surface area (Å²) < 4.78 is 1.58. The van der Waals surface area contributed by atoms with E-state index in [4.69, 9.17) is 5.11 Å². The molecule has 24 heavy (non-hydrogen) atoms. The SMILES string of the molecule is CC1CCN(C(=O)CSc2nc(=O)n(CCO)c3c2CCC3)CC1. The number of nitrogens with zero attached hydrogens (tertiary/aromatic N) is 3. The highest BCUT2D eigenvalue weighted by molar-refractivity contribution is 7.99. The topological polar surface area (TPSA) is 75.4 Å². The fourth-order valence-corrected chi connectivity index (χ4v) is 4.50. The van der Waals surface area contributed by atoms with E-state index in [1.165, 1.54) is 11.8 Å². The second-order valence-corrected chi connectivity index (χ2v) is 7.67. The van der Waals surface area contributed by atoms with Gasteiger partial charge in [0.15, 0.2) is 0 Å². The first-order chi connectivity index (χ1) is 11.6. The third kappa shape index (κ3) is 3.67. The van der Waals surface area contributed by atoms with Gasteiger partial charge in [-0.3, -0.25) is 9.36 Å². The van der Waals surface area contributed by atoms with Crippen LogP contribution in [0.25, 0.3) is 0 Å². The second-order valence-electron chi connectivity index (χ2n) is 6.71. The molecule has 0 spiro atoms. The quantitative estimate of drug-likeness (QED) is 0.634. The molecule has 132 valence electrons. The van der Waals surface area contributed by atoms with Crippen molar-refractivity contribution in [2.45, 2.75) is 50.6 Å². The van der Waals surface area contributed by atoms with Gasteiger partial charge in [0.25, 0.3) is 0 Å². The normalized spacial score (nSPS) is 18.0. The Labute approximate surface area is 146 Å². The Morgan fingerprint density at radius 2 is 2.08 bits per heavy atom. The Balaban J connectivity index is 1.70. The zero-order chi connectivity index (χ0) is 17.1. The third-order valence-corrected chi connectivity index (χ3v) is 6.00. The summed E-state index contributed by atoms with van der Waals surface area (Å²) in [6.07, 6.45) is 4.88. The van der Waals surface area contributed by atoms with Crippen LogP contribution in [0, 0.1) is 5.92 Å². The van der Waals surface area contributed by atoms with Crippen LogP contribution in [0.4, 0.5) is 0 Å². The molecule has 1 N–H and O–H groups in total. The minimum absolute atomic E-state index is 0.0631. The van der Waals surface area contributed by atoms with E-state index in [9.17, 15) is 9.59 Å². The minimum atomic E-state index is -0.313. The predicted octanol–water partition coefficient (Wildman–Crippen LogP) is 1.07. The van der Waals surface area contributed by atoms with Crippen LogP contribution in [0.3, 0.4) is 0 Å². The Morgan fingerprint density at radius 1 is 1.33 bits per heavy atom. The standard InChI is InChI=1S/C17H25N3O3S/c1-12-5-7-19(8-6-12)15(22)11-24-16-13-3-2-4-14(13)20(9-10-21)17(23)18-16/h12,21H,2-11H2,1H3. The van der Waals surface area contributed by atoms with Crippen molar-refractivity contribution in [3.8, 4) is 0 Å². The Bertz CT molecular complexity index is 666. The van der Waals surface area contributed by atoms with E-state index in [-0.39, 0.29) is 18.2 Å². The molecular weight excluding hydrogens is 326 g/mol. The van der Waals surface area contributed by atoms with E-state index in [1.54, 1.807) is 4.57 Å². The first-order valence-corrected chi connectivity index (χ1v) is 9.72. The number of aliphatic hydroxyl groups is 1. The van der Waals surface area contributed by atoms with Gasteiger partial charge in [-0.25, -0.2) is 4.79 Å². The first-order valence-electron chi connectivity index (χ1n) is 8.74. The zero-order valence-corrected chi connectivity index (χ0v) is 15.0. The number of carbonyl (C=O) groups excluding carboxylic acids is 1. The van der Waals surface area contributed by atoms with Gasteiger partial charge in [0.1, 0.15) is 5.03 Å². The molecule has 1 aliphatic heterocycles. The van der Waals surface area contributed by atoms with Crippen molar-refractivity contribution in [3.63, 3.8) is 0 Å². The molecule has 3 rings (SSSR count). The van der Waals surface area contributed by atoms with Crippen molar-refractivity contribution in [1.29, 1.82) is 0 Å². The maximum absolute atomic E-state index is 12.4. The number of likely N-dealkylation sites (tertiary alicyclic amines) is 1. The average Bonchev–Trinajstić information content (AvgIpc) is 3.06. The molecule has 1 aromatic rings. The fraction of sp³-hybridized carbons (Fsp3) is 0.706. The second kappa shape index (κ2) is 7.70. The molecule has 6 nitrogen and oxygen atoms in total. The summed E-state index contributed by atoms with van der Waals surface area (Å²) in [4.78, 5) is 30.7. The van der Waals surface area contributed by atoms with Gasteiger partial charge in [-0.15, -0.1) is 0 Å². The van der Waals surface area contributed by atoms with Crippen LogP contribution in [0.1, 0.15) is 37.4 Å². The molecule has 2 heterocycles. The van der Waals surface area contributed by atoms with Crippen molar-refractivity contribution in [2.24, 2.45) is 5.92 Å². The first kappa shape index (κ1) is 17.5. The van der Waals surface area contributed by atoms with Crippen LogP contribution in [0.15, 0.2) is 9.82 Å². The van der Waals surface area contributed by atoms with Gasteiger partial charge >= 0.3 is 5.69 Å². The van der Waals surface area contributed by atoms with E-state index in [2.05, 4.69) is 11.9 Å². The molecular formula is C17H25N3O3S. The summed E-state index contributed by atoms with van der Waals surface area (Å²) in [6.45, 7) is 4.13. The van der Waals surface area contributed by atoms with Gasteiger partial charge in [-0.05, 0) is 38.0 Å². The van der Waals surface area contributed by atoms with E-state index in [0.717, 1.165) is 56.5 Å². The van der Waals surface area contributed by atoms with Crippen molar-refractivity contribution in [2.75, 3.05) is 25.4 Å². The van der Waals surface area contributed by atoms with Crippen LogP contribution in [-0.4, -0.2) is 50.9 Å². The summed E-state index contributed by atoms with van der Waals surface area (Å²) in [5.41, 5.74) is 1.77. The molecule has 0 unspecified atom stereocenters. The lowest BCUT2D eigenvalue weighted by Gasteiger charge is -2.30. The number of rotatable bonds is 5. The highest BCUT2D eigenvalue weighted by Gasteiger charge is 2.24. The van der Waals surface area contributed by atoms with E-state index in [1.807, 2.05) is 4.90 Å². The summed E-state index contributed by atoms with van der Waals surface area (Å²) >= 11 is 1.39. The average molecular weight is 351 g/mol. The zero-order valence-electron chi connectivity index (χ0n) is 14.2. The number of amides is 1. The lowest BCUT2D eigenvalue weighted by Crippen LogP contribution is -2.39. The molecule has 0 atom stereocenters. The lowest BCUT2D eigenvalue weighted by molar-refractivity contribution is -0.129. The smallest absolute Gasteiger partial charge is 0.348 e. The van der Waals surface area contributed by atoms with Crippen LogP contribution in [-0.2, 0) is 24.2 Å². The molecule has 1 saturated heterocycles. The maximum Gasteiger partial charge on any atom is 0.348 e. The third-order valence-electron chi connectivity index (χ3n) is 4.99. The van der Waals surface area contributed by atoms with Crippen molar-refractivity contribution < 1.29 is 9.90 Å². The van der Waals surface area contributed by atoms with Crippen LogP contribution in [0.2, 0.25) is 0 Å². The summed E-state index contributed by atoms with van der Waals surface area (Å²) in [5.74, 6) is 1.18. The molecule has 0 bridgehead atoms. The number of thioether (sulfide) groups is 1. The molecule has 1 amide bonds. The molecule has 0 aromatic carbocycles. The van der Waals surface area contributed by atoms with Gasteiger partial charge in [0, 0.05) is 24.3 Å². The van der Waals surface area contributed by atoms with Crippen molar-refractivity contribution in [1.82, 2.24) is 14.5 Å². The highest BCUT2D eigenvalue weighted by Crippen LogP contribution is 2.29. The maximum atomic E-state index is 12.4. The number of carbonyl (C=O) groups is 1. The minimum Gasteiger partial charge on any atom is -0.395 e. The monoisotopic (exact) mass is 351 g/mol. The fourth-order valence-electron chi connectivity index (χ4n) is 3.52. The number of hydrogen-bond acceptors (Lipinski definition) is 5. The highest BCUT2D eigenvalue weighted by atomic mass is 32.2. The van der Waals surface area contributed by atoms with E-state index < -0.39 is 0 Å². The number of hydrogen-bond donors (Lipinski definition) is 1. The molecule has 0 saturated carbocycles. The molecule has 1 fully saturated rings. The van der Waals surface area contributed by atoms with E-state index >= 15 is 0 Å². The van der Waals surface area contributed by atoms with Gasteiger partial charge in [0.2, 0.25) is 5.91 Å². The number of aliphatic hydroxyl groups excluding tert-OH is 1. The van der Waals surface area contributed by atoms with Crippen LogP contribution in [0.5, 0.6) is 0 Å². The molecule has 0 radical (unpaired) electrons. The summed E-state index contributed by atoms with van der Waals surface area (Å²) in [6, 6.07) is 0. The molecule has 1 aliphatic carbocycles. The predicted molar refractivity (Wildman–Crippen MR) is 93.3 cm³/mol.